The number of hydrogen-bond acceptors (Lipinski definition) is 4. The van der Waals surface area contributed by atoms with Gasteiger partial charge in [-0.2, -0.15) is 5.10 Å². The van der Waals surface area contributed by atoms with Crippen LogP contribution in [0.4, 0.5) is 5.69 Å². The van der Waals surface area contributed by atoms with Crippen molar-refractivity contribution in [3.8, 4) is 11.3 Å². The van der Waals surface area contributed by atoms with E-state index in [1.165, 1.54) is 0 Å². The summed E-state index contributed by atoms with van der Waals surface area (Å²) in [5, 5.41) is 9.39. The summed E-state index contributed by atoms with van der Waals surface area (Å²) in [6.07, 6.45) is 0. The molecule has 0 atom stereocenters. The molecule has 6 heteroatoms. The van der Waals surface area contributed by atoms with E-state index in [1.807, 2.05) is 55.5 Å². The van der Waals surface area contributed by atoms with Crippen LogP contribution in [0.25, 0.3) is 11.3 Å². The van der Waals surface area contributed by atoms with E-state index in [-0.39, 0.29) is 12.3 Å². The number of nitrogens with one attached hydrogen (secondary N) is 2. The Hall–Kier alpha value is -3.41. The molecular weight excluding hydrogens is 318 g/mol. The quantitative estimate of drug-likeness (QED) is 0.701. The van der Waals surface area contributed by atoms with Gasteiger partial charge in [-0.15, -0.1) is 0 Å². The number of rotatable bonds is 5. The van der Waals surface area contributed by atoms with Crippen LogP contribution in [0.5, 0.6) is 0 Å². The third kappa shape index (κ3) is 4.32. The molecule has 0 aliphatic heterocycles. The molecule has 0 saturated carbocycles. The van der Waals surface area contributed by atoms with Gasteiger partial charge in [0, 0.05) is 11.3 Å². The number of aromatic amines is 1. The van der Waals surface area contributed by atoms with Crippen molar-refractivity contribution >= 4 is 17.6 Å². The fourth-order valence-corrected chi connectivity index (χ4v) is 2.31. The Morgan fingerprint density at radius 2 is 1.88 bits per heavy atom. The summed E-state index contributed by atoms with van der Waals surface area (Å²) in [6, 6.07) is 18.4. The zero-order valence-electron chi connectivity index (χ0n) is 13.7. The minimum atomic E-state index is -0.630. The van der Waals surface area contributed by atoms with Crippen LogP contribution >= 0.6 is 0 Å². The molecule has 2 aromatic carbocycles. The number of esters is 1. The number of aryl methyl sites for hydroxylation is 1. The molecule has 1 amide bonds. The van der Waals surface area contributed by atoms with E-state index in [2.05, 4.69) is 15.5 Å². The first kappa shape index (κ1) is 16.4. The molecule has 3 aromatic rings. The van der Waals surface area contributed by atoms with Crippen molar-refractivity contribution in [1.29, 1.82) is 0 Å². The van der Waals surface area contributed by atoms with E-state index in [0.29, 0.717) is 11.4 Å². The van der Waals surface area contributed by atoms with Gasteiger partial charge in [-0.25, -0.2) is 4.79 Å². The van der Waals surface area contributed by atoms with Crippen molar-refractivity contribution < 1.29 is 14.3 Å². The number of amides is 1. The third-order valence-corrected chi connectivity index (χ3v) is 3.50. The maximum Gasteiger partial charge on any atom is 0.356 e. The van der Waals surface area contributed by atoms with E-state index in [0.717, 1.165) is 11.1 Å². The van der Waals surface area contributed by atoms with Crippen LogP contribution in [0, 0.1) is 6.92 Å². The Balaban J connectivity index is 1.56. The van der Waals surface area contributed by atoms with Crippen LogP contribution in [0.15, 0.2) is 60.7 Å². The summed E-state index contributed by atoms with van der Waals surface area (Å²) in [5.74, 6) is -1.03. The van der Waals surface area contributed by atoms with Crippen LogP contribution in [0.2, 0.25) is 0 Å². The van der Waals surface area contributed by atoms with Crippen LogP contribution in [-0.2, 0) is 9.53 Å². The summed E-state index contributed by atoms with van der Waals surface area (Å²) in [5.41, 5.74) is 3.41. The first-order valence-corrected chi connectivity index (χ1v) is 7.76. The molecule has 0 fully saturated rings. The second-order valence-corrected chi connectivity index (χ2v) is 5.53. The molecule has 126 valence electrons. The molecule has 0 spiro atoms. The van der Waals surface area contributed by atoms with Gasteiger partial charge in [0.25, 0.3) is 5.91 Å². The fraction of sp³-hybridized carbons (Fsp3) is 0.105. The lowest BCUT2D eigenvalue weighted by molar-refractivity contribution is -0.119. The highest BCUT2D eigenvalue weighted by Crippen LogP contribution is 2.17. The molecule has 0 aliphatic carbocycles. The predicted octanol–water partition coefficient (Wildman–Crippen LogP) is 3.18. The molecule has 2 N–H and O–H groups in total. The molecule has 0 radical (unpaired) electrons. The van der Waals surface area contributed by atoms with Crippen molar-refractivity contribution in [2.24, 2.45) is 0 Å². The van der Waals surface area contributed by atoms with Crippen LogP contribution in [0.3, 0.4) is 0 Å². The number of anilines is 1. The number of aromatic nitrogens is 2. The van der Waals surface area contributed by atoms with E-state index in [9.17, 15) is 9.59 Å². The normalized spacial score (nSPS) is 10.3. The second-order valence-electron chi connectivity index (χ2n) is 5.53. The minimum absolute atomic E-state index is 0.196. The van der Waals surface area contributed by atoms with Gasteiger partial charge in [0.15, 0.2) is 6.61 Å². The first-order chi connectivity index (χ1) is 12.1. The van der Waals surface area contributed by atoms with Gasteiger partial charge in [-0.1, -0.05) is 42.5 Å². The SMILES string of the molecule is Cc1cccc(NC(=O)COC(=O)c2cc(-c3ccccc3)n[nH]2)c1. The van der Waals surface area contributed by atoms with Gasteiger partial charge in [0.2, 0.25) is 0 Å². The number of carbonyl (C=O) groups excluding carboxylic acids is 2. The van der Waals surface area contributed by atoms with Crippen molar-refractivity contribution in [3.05, 3.63) is 71.9 Å². The van der Waals surface area contributed by atoms with Crippen LogP contribution in [0.1, 0.15) is 16.1 Å². The molecule has 25 heavy (non-hydrogen) atoms. The van der Waals surface area contributed by atoms with Gasteiger partial charge in [-0.05, 0) is 30.7 Å². The zero-order valence-corrected chi connectivity index (χ0v) is 13.7. The van der Waals surface area contributed by atoms with Gasteiger partial charge >= 0.3 is 5.97 Å². The summed E-state index contributed by atoms with van der Waals surface area (Å²) >= 11 is 0. The lowest BCUT2D eigenvalue weighted by Gasteiger charge is -2.06. The van der Waals surface area contributed by atoms with E-state index < -0.39 is 11.9 Å². The molecule has 6 nitrogen and oxygen atoms in total. The van der Waals surface area contributed by atoms with Crippen LogP contribution < -0.4 is 5.32 Å². The number of carbonyl (C=O) groups is 2. The van der Waals surface area contributed by atoms with Gasteiger partial charge in [-0.3, -0.25) is 9.89 Å². The highest BCUT2D eigenvalue weighted by atomic mass is 16.5. The Morgan fingerprint density at radius 3 is 2.64 bits per heavy atom. The molecule has 3 rings (SSSR count). The highest BCUT2D eigenvalue weighted by molar-refractivity contribution is 5.95. The fourth-order valence-electron chi connectivity index (χ4n) is 2.31. The van der Waals surface area contributed by atoms with Crippen LogP contribution in [-0.4, -0.2) is 28.7 Å². The Labute approximate surface area is 144 Å². The van der Waals surface area contributed by atoms with Crippen molar-refractivity contribution in [2.45, 2.75) is 6.92 Å². The summed E-state index contributed by atoms with van der Waals surface area (Å²) < 4.78 is 5.02. The maximum atomic E-state index is 12.0. The summed E-state index contributed by atoms with van der Waals surface area (Å²) in [6.45, 7) is 1.56. The monoisotopic (exact) mass is 335 g/mol. The smallest absolute Gasteiger partial charge is 0.356 e. The Kier molecular flexibility index (Phi) is 4.89. The van der Waals surface area contributed by atoms with Gasteiger partial charge < -0.3 is 10.1 Å². The van der Waals surface area contributed by atoms with Gasteiger partial charge in [0.05, 0.1) is 5.69 Å². The highest BCUT2D eigenvalue weighted by Gasteiger charge is 2.14. The third-order valence-electron chi connectivity index (χ3n) is 3.50. The first-order valence-electron chi connectivity index (χ1n) is 7.76. The van der Waals surface area contributed by atoms with Gasteiger partial charge in [0.1, 0.15) is 5.69 Å². The number of H-pyrrole nitrogens is 1. The lowest BCUT2D eigenvalue weighted by Crippen LogP contribution is -2.21. The number of nitrogens with zero attached hydrogens (tertiary/aromatic N) is 1. The summed E-state index contributed by atoms with van der Waals surface area (Å²) in [4.78, 5) is 23.9. The molecule has 0 unspecified atom stereocenters. The molecule has 0 aliphatic rings. The Bertz CT molecular complexity index is 888. The molecule has 1 aromatic heterocycles. The van der Waals surface area contributed by atoms with E-state index in [4.69, 9.17) is 4.74 Å². The van der Waals surface area contributed by atoms with E-state index in [1.54, 1.807) is 12.1 Å². The Morgan fingerprint density at radius 1 is 1.08 bits per heavy atom. The number of benzene rings is 2. The summed E-state index contributed by atoms with van der Waals surface area (Å²) in [7, 11) is 0. The van der Waals surface area contributed by atoms with Crippen molar-refractivity contribution in [2.75, 3.05) is 11.9 Å². The molecule has 0 saturated heterocycles. The van der Waals surface area contributed by atoms with E-state index >= 15 is 0 Å². The predicted molar refractivity (Wildman–Crippen MR) is 94.1 cm³/mol. The van der Waals surface area contributed by atoms with Crippen molar-refractivity contribution in [1.82, 2.24) is 10.2 Å². The van der Waals surface area contributed by atoms with Crippen molar-refractivity contribution in [3.63, 3.8) is 0 Å². The minimum Gasteiger partial charge on any atom is -0.451 e. The second kappa shape index (κ2) is 7.44. The molecule has 1 heterocycles. The lowest BCUT2D eigenvalue weighted by atomic mass is 10.1. The standard InChI is InChI=1S/C19H17N3O3/c1-13-6-5-9-15(10-13)20-18(23)12-25-19(24)17-11-16(21-22-17)14-7-3-2-4-8-14/h2-11H,12H2,1H3,(H,20,23)(H,21,22). The largest absolute Gasteiger partial charge is 0.451 e. The maximum absolute atomic E-state index is 12.0. The molecular formula is C19H17N3O3. The molecule has 0 bridgehead atoms. The average molecular weight is 335 g/mol. The topological polar surface area (TPSA) is 84.1 Å². The zero-order chi connectivity index (χ0) is 17.6. The number of ether oxygens (including phenoxy) is 1. The average Bonchev–Trinajstić information content (AvgIpc) is 3.11. The number of hydrogen-bond donors (Lipinski definition) is 2.